The molecule has 23 heavy (non-hydrogen) atoms. The maximum Gasteiger partial charge on any atom is 0.343 e. The number of carbonyl (C=O) groups is 2. The van der Waals surface area contributed by atoms with Crippen molar-refractivity contribution in [2.24, 2.45) is 0 Å². The molecule has 1 amide bonds. The highest BCUT2D eigenvalue weighted by Gasteiger charge is 2.23. The first-order valence-corrected chi connectivity index (χ1v) is 7.36. The molecule has 0 saturated carbocycles. The predicted octanol–water partition coefficient (Wildman–Crippen LogP) is 4.32. The van der Waals surface area contributed by atoms with E-state index in [-0.39, 0.29) is 5.02 Å². The lowest BCUT2D eigenvalue weighted by molar-refractivity contribution is -0.123. The average molecular weight is 356 g/mol. The maximum atomic E-state index is 13.6. The fourth-order valence-corrected chi connectivity index (χ4v) is 2.19. The van der Waals surface area contributed by atoms with Crippen molar-refractivity contribution in [1.29, 1.82) is 0 Å². The number of ether oxygens (including phenoxy) is 1. The zero-order valence-electron chi connectivity index (χ0n) is 12.0. The Morgan fingerprint density at radius 3 is 2.39 bits per heavy atom. The number of halogens is 3. The van der Waals surface area contributed by atoms with Crippen LogP contribution in [0.3, 0.4) is 0 Å². The van der Waals surface area contributed by atoms with Crippen LogP contribution in [-0.4, -0.2) is 18.0 Å². The van der Waals surface area contributed by atoms with Gasteiger partial charge in [0.2, 0.25) is 0 Å². The van der Waals surface area contributed by atoms with E-state index in [4.69, 9.17) is 27.9 Å². The minimum atomic E-state index is -1.16. The van der Waals surface area contributed by atoms with Crippen molar-refractivity contribution in [2.45, 2.75) is 13.0 Å². The largest absolute Gasteiger partial charge is 0.449 e. The molecule has 0 spiro atoms. The number of rotatable bonds is 4. The molecule has 0 saturated heterocycles. The van der Waals surface area contributed by atoms with Crippen LogP contribution in [0.2, 0.25) is 10.0 Å². The SMILES string of the molecule is CC(OC(=O)c1c(F)cccc1Cl)C(=O)Nc1ccccc1Cl. The smallest absolute Gasteiger partial charge is 0.343 e. The monoisotopic (exact) mass is 355 g/mol. The van der Waals surface area contributed by atoms with Crippen LogP contribution < -0.4 is 5.32 Å². The molecule has 0 bridgehead atoms. The Morgan fingerprint density at radius 1 is 1.09 bits per heavy atom. The molecule has 120 valence electrons. The van der Waals surface area contributed by atoms with Gasteiger partial charge in [-0.1, -0.05) is 41.4 Å². The summed E-state index contributed by atoms with van der Waals surface area (Å²) in [5, 5.41) is 2.78. The molecule has 0 aliphatic rings. The summed E-state index contributed by atoms with van der Waals surface area (Å²) in [7, 11) is 0. The van der Waals surface area contributed by atoms with E-state index in [1.54, 1.807) is 24.3 Å². The minimum absolute atomic E-state index is 0.0892. The van der Waals surface area contributed by atoms with E-state index >= 15 is 0 Å². The molecule has 0 radical (unpaired) electrons. The number of hydrogen-bond acceptors (Lipinski definition) is 3. The summed E-state index contributed by atoms with van der Waals surface area (Å²) < 4.78 is 18.6. The highest BCUT2D eigenvalue weighted by molar-refractivity contribution is 6.34. The molecule has 1 unspecified atom stereocenters. The summed E-state index contributed by atoms with van der Waals surface area (Å²) >= 11 is 11.7. The van der Waals surface area contributed by atoms with Crippen molar-refractivity contribution in [2.75, 3.05) is 5.32 Å². The van der Waals surface area contributed by atoms with Gasteiger partial charge in [-0.05, 0) is 31.2 Å². The Hall–Kier alpha value is -2.11. The van der Waals surface area contributed by atoms with Crippen LogP contribution in [0.25, 0.3) is 0 Å². The van der Waals surface area contributed by atoms with E-state index in [9.17, 15) is 14.0 Å². The van der Waals surface area contributed by atoms with Gasteiger partial charge in [-0.25, -0.2) is 9.18 Å². The molecular weight excluding hydrogens is 344 g/mol. The third-order valence-electron chi connectivity index (χ3n) is 2.95. The zero-order valence-corrected chi connectivity index (χ0v) is 13.5. The molecule has 1 N–H and O–H groups in total. The molecule has 0 aliphatic heterocycles. The van der Waals surface area contributed by atoms with Crippen molar-refractivity contribution in [3.63, 3.8) is 0 Å². The Balaban J connectivity index is 2.06. The van der Waals surface area contributed by atoms with Gasteiger partial charge in [-0.15, -0.1) is 0 Å². The molecule has 0 fully saturated rings. The third kappa shape index (κ3) is 4.21. The van der Waals surface area contributed by atoms with Crippen LogP contribution in [0.5, 0.6) is 0 Å². The molecule has 2 aromatic rings. The van der Waals surface area contributed by atoms with Crippen molar-refractivity contribution >= 4 is 40.8 Å². The van der Waals surface area contributed by atoms with Crippen LogP contribution in [0.1, 0.15) is 17.3 Å². The van der Waals surface area contributed by atoms with Gasteiger partial charge in [-0.3, -0.25) is 4.79 Å². The third-order valence-corrected chi connectivity index (χ3v) is 3.60. The van der Waals surface area contributed by atoms with Crippen molar-refractivity contribution < 1.29 is 18.7 Å². The number of esters is 1. The second kappa shape index (κ2) is 7.44. The summed E-state index contributed by atoms with van der Waals surface area (Å²) in [4.78, 5) is 24.0. The van der Waals surface area contributed by atoms with E-state index in [2.05, 4.69) is 5.32 Å². The van der Waals surface area contributed by atoms with E-state index < -0.39 is 29.4 Å². The minimum Gasteiger partial charge on any atom is -0.449 e. The lowest BCUT2D eigenvalue weighted by Gasteiger charge is -2.15. The average Bonchev–Trinajstić information content (AvgIpc) is 2.49. The van der Waals surface area contributed by atoms with Gasteiger partial charge in [0.15, 0.2) is 6.10 Å². The molecule has 2 aromatic carbocycles. The fraction of sp³-hybridized carbons (Fsp3) is 0.125. The molecule has 0 heterocycles. The lowest BCUT2D eigenvalue weighted by atomic mass is 10.2. The maximum absolute atomic E-state index is 13.6. The number of para-hydroxylation sites is 1. The van der Waals surface area contributed by atoms with E-state index in [0.29, 0.717) is 10.7 Å². The number of benzene rings is 2. The van der Waals surface area contributed by atoms with Gasteiger partial charge in [0.1, 0.15) is 11.4 Å². The zero-order chi connectivity index (χ0) is 17.0. The number of hydrogen-bond donors (Lipinski definition) is 1. The van der Waals surface area contributed by atoms with Gasteiger partial charge in [0, 0.05) is 0 Å². The summed E-state index contributed by atoms with van der Waals surface area (Å²) in [6.45, 7) is 1.36. The second-order valence-corrected chi connectivity index (χ2v) is 5.43. The fourth-order valence-electron chi connectivity index (χ4n) is 1.76. The number of carbonyl (C=O) groups excluding carboxylic acids is 2. The Bertz CT molecular complexity index is 732. The van der Waals surface area contributed by atoms with E-state index in [0.717, 1.165) is 6.07 Å². The number of nitrogens with one attached hydrogen (secondary N) is 1. The highest BCUT2D eigenvalue weighted by Crippen LogP contribution is 2.22. The number of amides is 1. The molecule has 1 atom stereocenters. The summed E-state index contributed by atoms with van der Waals surface area (Å²) in [5.74, 6) is -2.44. The summed E-state index contributed by atoms with van der Waals surface area (Å²) in [5.41, 5.74) is -0.0300. The topological polar surface area (TPSA) is 55.4 Å². The molecule has 7 heteroatoms. The first-order valence-electron chi connectivity index (χ1n) is 6.60. The molecule has 2 rings (SSSR count). The lowest BCUT2D eigenvalue weighted by Crippen LogP contribution is -2.30. The van der Waals surface area contributed by atoms with Crippen LogP contribution >= 0.6 is 23.2 Å². The van der Waals surface area contributed by atoms with Crippen LogP contribution in [-0.2, 0) is 9.53 Å². The van der Waals surface area contributed by atoms with Crippen LogP contribution in [0.4, 0.5) is 10.1 Å². The van der Waals surface area contributed by atoms with Gasteiger partial charge in [0.05, 0.1) is 15.7 Å². The Morgan fingerprint density at radius 2 is 1.74 bits per heavy atom. The second-order valence-electron chi connectivity index (χ2n) is 4.61. The summed E-state index contributed by atoms with van der Waals surface area (Å²) in [6, 6.07) is 10.4. The Kier molecular flexibility index (Phi) is 5.58. The van der Waals surface area contributed by atoms with Crippen molar-refractivity contribution in [1.82, 2.24) is 0 Å². The quantitative estimate of drug-likeness (QED) is 0.831. The first-order chi connectivity index (χ1) is 10.9. The molecule has 0 aromatic heterocycles. The molecule has 0 aliphatic carbocycles. The predicted molar refractivity (Wildman–Crippen MR) is 86.4 cm³/mol. The molecule has 4 nitrogen and oxygen atoms in total. The van der Waals surface area contributed by atoms with Crippen molar-refractivity contribution in [3.8, 4) is 0 Å². The number of anilines is 1. The van der Waals surface area contributed by atoms with Gasteiger partial charge < -0.3 is 10.1 Å². The summed E-state index contributed by atoms with van der Waals surface area (Å²) in [6.07, 6.45) is -1.16. The Labute approximate surface area is 142 Å². The van der Waals surface area contributed by atoms with Gasteiger partial charge in [-0.2, -0.15) is 0 Å². The van der Waals surface area contributed by atoms with Gasteiger partial charge in [0.25, 0.3) is 5.91 Å². The standard InChI is InChI=1S/C16H12Cl2FNO3/c1-9(15(21)20-13-8-3-2-5-10(13)17)23-16(22)14-11(18)6-4-7-12(14)19/h2-9H,1H3,(H,20,21). The first kappa shape index (κ1) is 17.2. The van der Waals surface area contributed by atoms with Crippen molar-refractivity contribution in [3.05, 3.63) is 63.9 Å². The van der Waals surface area contributed by atoms with Gasteiger partial charge >= 0.3 is 5.97 Å². The molecular formula is C16H12Cl2FNO3. The normalized spacial score (nSPS) is 11.7. The van der Waals surface area contributed by atoms with Crippen LogP contribution in [0, 0.1) is 5.82 Å². The van der Waals surface area contributed by atoms with Crippen LogP contribution in [0.15, 0.2) is 42.5 Å². The van der Waals surface area contributed by atoms with E-state index in [1.807, 2.05) is 0 Å². The highest BCUT2D eigenvalue weighted by atomic mass is 35.5. The van der Waals surface area contributed by atoms with E-state index in [1.165, 1.54) is 19.1 Å².